The van der Waals surface area contributed by atoms with Crippen molar-refractivity contribution in [2.24, 2.45) is 0 Å². The van der Waals surface area contributed by atoms with Gasteiger partial charge in [-0.2, -0.15) is 0 Å². The van der Waals surface area contributed by atoms with E-state index < -0.39 is 11.6 Å². The molecular formula is C28H29F2N3O3. The molecule has 8 heteroatoms. The average molecular weight is 494 g/mol. The molecule has 1 amide bonds. The number of hydrogen-bond acceptors (Lipinski definition) is 5. The number of hydrogen-bond donors (Lipinski definition) is 2. The van der Waals surface area contributed by atoms with Gasteiger partial charge < -0.3 is 20.1 Å². The van der Waals surface area contributed by atoms with Crippen molar-refractivity contribution in [3.05, 3.63) is 95.1 Å². The Hall–Kier alpha value is -3.49. The van der Waals surface area contributed by atoms with Gasteiger partial charge in [0.25, 0.3) is 0 Å². The molecule has 0 saturated carbocycles. The molecule has 6 nitrogen and oxygen atoms in total. The zero-order valence-electron chi connectivity index (χ0n) is 19.9. The summed E-state index contributed by atoms with van der Waals surface area (Å²) in [5.74, 6) is 0.273. The first-order chi connectivity index (χ1) is 17.6. The summed E-state index contributed by atoms with van der Waals surface area (Å²) < 4.78 is 38.9. The van der Waals surface area contributed by atoms with Crippen LogP contribution in [0.4, 0.5) is 8.78 Å². The fourth-order valence-electron chi connectivity index (χ4n) is 4.81. The minimum Gasteiger partial charge on any atom is -0.454 e. The molecule has 5 rings (SSSR count). The minimum absolute atomic E-state index is 0.0173. The third kappa shape index (κ3) is 5.66. The van der Waals surface area contributed by atoms with Crippen LogP contribution in [-0.4, -0.2) is 42.8 Å². The van der Waals surface area contributed by atoms with Gasteiger partial charge >= 0.3 is 0 Å². The third-order valence-corrected chi connectivity index (χ3v) is 6.71. The van der Waals surface area contributed by atoms with Gasteiger partial charge in [0.15, 0.2) is 11.5 Å². The van der Waals surface area contributed by atoms with Gasteiger partial charge in [0, 0.05) is 37.8 Å². The van der Waals surface area contributed by atoms with E-state index in [1.54, 1.807) is 0 Å². The summed E-state index contributed by atoms with van der Waals surface area (Å²) in [5, 5.41) is 6.33. The van der Waals surface area contributed by atoms with E-state index in [4.69, 9.17) is 9.47 Å². The summed E-state index contributed by atoms with van der Waals surface area (Å²) in [7, 11) is 0. The monoisotopic (exact) mass is 493 g/mol. The van der Waals surface area contributed by atoms with Crippen LogP contribution in [0, 0.1) is 11.6 Å². The van der Waals surface area contributed by atoms with Crippen LogP contribution in [0.3, 0.4) is 0 Å². The molecule has 2 N–H and O–H groups in total. The zero-order chi connectivity index (χ0) is 24.9. The molecule has 2 aliphatic rings. The van der Waals surface area contributed by atoms with Crippen molar-refractivity contribution in [1.29, 1.82) is 0 Å². The van der Waals surface area contributed by atoms with Crippen LogP contribution in [0.1, 0.15) is 23.1 Å². The fourth-order valence-corrected chi connectivity index (χ4v) is 4.81. The summed E-state index contributed by atoms with van der Waals surface area (Å²) in [6.07, 6.45) is 1.22. The van der Waals surface area contributed by atoms with Crippen molar-refractivity contribution < 1.29 is 23.0 Å². The summed E-state index contributed by atoms with van der Waals surface area (Å²) in [5.41, 5.74) is 2.18. The van der Waals surface area contributed by atoms with Crippen molar-refractivity contribution in [2.45, 2.75) is 38.0 Å². The lowest BCUT2D eigenvalue weighted by molar-refractivity contribution is -0.125. The number of nitrogens with one attached hydrogen (secondary N) is 2. The van der Waals surface area contributed by atoms with Crippen LogP contribution in [-0.2, 0) is 24.3 Å². The van der Waals surface area contributed by atoms with Crippen molar-refractivity contribution in [2.75, 3.05) is 19.9 Å². The molecule has 1 saturated heterocycles. The van der Waals surface area contributed by atoms with E-state index in [9.17, 15) is 13.6 Å². The lowest BCUT2D eigenvalue weighted by atomic mass is 10.1. The number of rotatable bonds is 9. The van der Waals surface area contributed by atoms with Crippen LogP contribution in [0.5, 0.6) is 11.5 Å². The molecule has 1 fully saturated rings. The highest BCUT2D eigenvalue weighted by molar-refractivity contribution is 5.82. The van der Waals surface area contributed by atoms with E-state index in [0.29, 0.717) is 32.5 Å². The second-order valence-electron chi connectivity index (χ2n) is 9.17. The smallest absolute Gasteiger partial charge is 0.237 e. The summed E-state index contributed by atoms with van der Waals surface area (Å²) in [6, 6.07) is 19.2. The Bertz CT molecular complexity index is 1190. The molecule has 0 bridgehead atoms. The summed E-state index contributed by atoms with van der Waals surface area (Å²) in [4.78, 5) is 15.3. The molecule has 0 unspecified atom stereocenters. The van der Waals surface area contributed by atoms with Crippen molar-refractivity contribution >= 4 is 5.91 Å². The molecule has 36 heavy (non-hydrogen) atoms. The Morgan fingerprint density at radius 1 is 0.944 bits per heavy atom. The maximum atomic E-state index is 14.1. The van der Waals surface area contributed by atoms with Crippen LogP contribution in [0.15, 0.2) is 66.7 Å². The molecule has 0 aromatic heterocycles. The van der Waals surface area contributed by atoms with E-state index in [0.717, 1.165) is 22.6 Å². The van der Waals surface area contributed by atoms with Gasteiger partial charge in [0.05, 0.1) is 6.04 Å². The van der Waals surface area contributed by atoms with Gasteiger partial charge in [-0.1, -0.05) is 42.5 Å². The van der Waals surface area contributed by atoms with Gasteiger partial charge in [-0.15, -0.1) is 0 Å². The zero-order valence-corrected chi connectivity index (χ0v) is 19.9. The molecule has 0 aliphatic carbocycles. The number of ether oxygens (including phenoxy) is 2. The highest BCUT2D eigenvalue weighted by atomic mass is 19.1. The number of nitrogens with zero attached hydrogens (tertiary/aromatic N) is 1. The SMILES string of the molecule is O=C(NCCc1ccc2c(c1)OCO2)[C@@H]1C[C@H](NCc2c(F)cccc2F)CN1Cc1ccccc1. The van der Waals surface area contributed by atoms with E-state index in [1.165, 1.54) is 18.2 Å². The van der Waals surface area contributed by atoms with E-state index in [2.05, 4.69) is 15.5 Å². The van der Waals surface area contributed by atoms with Crippen molar-refractivity contribution in [3.63, 3.8) is 0 Å². The van der Waals surface area contributed by atoms with Crippen LogP contribution < -0.4 is 20.1 Å². The van der Waals surface area contributed by atoms with Crippen molar-refractivity contribution in [1.82, 2.24) is 15.5 Å². The number of benzene rings is 3. The Labute approximate surface area is 209 Å². The second kappa shape index (κ2) is 11.1. The first kappa shape index (κ1) is 24.2. The topological polar surface area (TPSA) is 62.8 Å². The molecule has 188 valence electrons. The van der Waals surface area contributed by atoms with Gasteiger partial charge in [-0.3, -0.25) is 9.69 Å². The van der Waals surface area contributed by atoms with E-state index in [-0.39, 0.29) is 36.9 Å². The second-order valence-corrected chi connectivity index (χ2v) is 9.17. The molecule has 3 aromatic carbocycles. The number of carbonyl (C=O) groups excluding carboxylic acids is 1. The van der Waals surface area contributed by atoms with Gasteiger partial charge in [0.1, 0.15) is 11.6 Å². The van der Waals surface area contributed by atoms with Crippen LogP contribution in [0.2, 0.25) is 0 Å². The maximum absolute atomic E-state index is 14.1. The molecule has 0 radical (unpaired) electrons. The molecule has 2 atom stereocenters. The Balaban J connectivity index is 1.21. The molecule has 3 aromatic rings. The predicted octanol–water partition coefficient (Wildman–Crippen LogP) is 3.79. The largest absolute Gasteiger partial charge is 0.454 e. The van der Waals surface area contributed by atoms with Crippen molar-refractivity contribution in [3.8, 4) is 11.5 Å². The van der Waals surface area contributed by atoms with Gasteiger partial charge in [-0.05, 0) is 48.2 Å². The average Bonchev–Trinajstić information content (AvgIpc) is 3.51. The number of carbonyl (C=O) groups is 1. The Morgan fingerprint density at radius 3 is 2.53 bits per heavy atom. The lowest BCUT2D eigenvalue weighted by Gasteiger charge is -2.23. The van der Waals surface area contributed by atoms with Gasteiger partial charge in [-0.25, -0.2) is 8.78 Å². The number of likely N-dealkylation sites (tertiary alicyclic amines) is 1. The van der Waals surface area contributed by atoms with Crippen LogP contribution in [0.25, 0.3) is 0 Å². The van der Waals surface area contributed by atoms with Crippen LogP contribution >= 0.6 is 0 Å². The fraction of sp³-hybridized carbons (Fsp3) is 0.321. The summed E-state index contributed by atoms with van der Waals surface area (Å²) in [6.45, 7) is 2.01. The number of fused-ring (bicyclic) bond motifs is 1. The highest BCUT2D eigenvalue weighted by Crippen LogP contribution is 2.32. The third-order valence-electron chi connectivity index (χ3n) is 6.71. The summed E-state index contributed by atoms with van der Waals surface area (Å²) >= 11 is 0. The number of amides is 1. The molecule has 2 aliphatic heterocycles. The quantitative estimate of drug-likeness (QED) is 0.475. The molecular weight excluding hydrogens is 464 g/mol. The maximum Gasteiger partial charge on any atom is 0.237 e. The van der Waals surface area contributed by atoms with E-state index in [1.807, 2.05) is 48.5 Å². The standard InChI is InChI=1S/C28H29F2N3O3/c29-23-7-4-8-24(30)22(23)15-32-21-14-25(33(17-21)16-20-5-2-1-3-6-20)28(34)31-12-11-19-9-10-26-27(13-19)36-18-35-26/h1-10,13,21,25,32H,11-12,14-18H2,(H,31,34)/t21-,25-/m0/s1. The molecule has 0 spiro atoms. The minimum atomic E-state index is -0.570. The lowest BCUT2D eigenvalue weighted by Crippen LogP contribution is -2.43. The Kier molecular flexibility index (Phi) is 7.44. The first-order valence-corrected chi connectivity index (χ1v) is 12.2. The van der Waals surface area contributed by atoms with Gasteiger partial charge in [0.2, 0.25) is 12.7 Å². The molecule has 2 heterocycles. The first-order valence-electron chi connectivity index (χ1n) is 12.2. The highest BCUT2D eigenvalue weighted by Gasteiger charge is 2.36. The predicted molar refractivity (Wildman–Crippen MR) is 132 cm³/mol. The Morgan fingerprint density at radius 2 is 1.72 bits per heavy atom. The van der Waals surface area contributed by atoms with E-state index >= 15 is 0 Å². The normalized spacial score (nSPS) is 18.9. The number of halogens is 2.